The summed E-state index contributed by atoms with van der Waals surface area (Å²) in [6.07, 6.45) is 1.18. The third-order valence-electron chi connectivity index (χ3n) is 3.27. The van der Waals surface area contributed by atoms with Gasteiger partial charge < -0.3 is 10.6 Å². The predicted octanol–water partition coefficient (Wildman–Crippen LogP) is 2.05. The van der Waals surface area contributed by atoms with E-state index in [-0.39, 0.29) is 17.5 Å². The molecule has 0 radical (unpaired) electrons. The van der Waals surface area contributed by atoms with Crippen LogP contribution in [-0.4, -0.2) is 28.8 Å². The molecule has 2 N–H and O–H groups in total. The molecule has 1 aromatic heterocycles. The molecular weight excluding hydrogens is 258 g/mol. The van der Waals surface area contributed by atoms with Gasteiger partial charge in [-0.3, -0.25) is 10.1 Å². The van der Waals surface area contributed by atoms with E-state index in [1.807, 2.05) is 50.2 Å². The quantitative estimate of drug-likeness (QED) is 0.681. The number of nitrogen functional groups attached to an aromatic ring is 1. The Morgan fingerprint density at radius 3 is 2.40 bits per heavy atom. The summed E-state index contributed by atoms with van der Waals surface area (Å²) in [7, 11) is 3.93. The summed E-state index contributed by atoms with van der Waals surface area (Å²) < 4.78 is 1.46. The lowest BCUT2D eigenvalue weighted by Crippen LogP contribution is -2.13. The lowest BCUT2D eigenvalue weighted by molar-refractivity contribution is -0.384. The van der Waals surface area contributed by atoms with Crippen LogP contribution in [0.4, 0.5) is 17.2 Å². The van der Waals surface area contributed by atoms with E-state index >= 15 is 0 Å². The Bertz CT molecular complexity index is 618. The van der Waals surface area contributed by atoms with E-state index < -0.39 is 4.92 Å². The Kier molecular flexibility index (Phi) is 3.60. The molecule has 7 heteroatoms. The van der Waals surface area contributed by atoms with E-state index in [1.165, 1.54) is 10.9 Å². The molecule has 106 valence electrons. The van der Waals surface area contributed by atoms with Gasteiger partial charge in [0.15, 0.2) is 0 Å². The van der Waals surface area contributed by atoms with Gasteiger partial charge in [-0.05, 0) is 24.6 Å². The highest BCUT2D eigenvalue weighted by molar-refractivity contribution is 5.52. The minimum absolute atomic E-state index is 0.0687. The van der Waals surface area contributed by atoms with Gasteiger partial charge in [0, 0.05) is 19.8 Å². The topological polar surface area (TPSA) is 90.2 Å². The molecule has 7 nitrogen and oxygen atoms in total. The second-order valence-corrected chi connectivity index (χ2v) is 4.78. The molecule has 2 rings (SSSR count). The highest BCUT2D eigenvalue weighted by atomic mass is 16.6. The number of hydrogen-bond acceptors (Lipinski definition) is 5. The molecule has 1 unspecified atom stereocenters. The van der Waals surface area contributed by atoms with Gasteiger partial charge in [-0.1, -0.05) is 12.1 Å². The summed E-state index contributed by atoms with van der Waals surface area (Å²) >= 11 is 0. The van der Waals surface area contributed by atoms with Gasteiger partial charge in [0.05, 0.1) is 11.0 Å². The third kappa shape index (κ3) is 2.42. The first-order valence-electron chi connectivity index (χ1n) is 6.16. The first-order chi connectivity index (χ1) is 9.41. The van der Waals surface area contributed by atoms with Crippen LogP contribution in [0.2, 0.25) is 0 Å². The second kappa shape index (κ2) is 5.20. The molecule has 0 aliphatic rings. The van der Waals surface area contributed by atoms with Crippen molar-refractivity contribution in [3.05, 3.63) is 46.1 Å². The van der Waals surface area contributed by atoms with Crippen molar-refractivity contribution < 1.29 is 4.92 Å². The molecule has 0 bridgehead atoms. The maximum absolute atomic E-state index is 10.8. The van der Waals surface area contributed by atoms with Gasteiger partial charge in [0.25, 0.3) is 0 Å². The predicted molar refractivity (Wildman–Crippen MR) is 77.9 cm³/mol. The van der Waals surface area contributed by atoms with Crippen molar-refractivity contribution in [2.24, 2.45) is 0 Å². The van der Waals surface area contributed by atoms with Crippen LogP contribution in [0.3, 0.4) is 0 Å². The van der Waals surface area contributed by atoms with Gasteiger partial charge in [-0.2, -0.15) is 5.10 Å². The number of nitro groups is 1. The van der Waals surface area contributed by atoms with E-state index in [4.69, 9.17) is 5.73 Å². The molecule has 0 saturated heterocycles. The van der Waals surface area contributed by atoms with Crippen LogP contribution in [0.25, 0.3) is 0 Å². The summed E-state index contributed by atoms with van der Waals surface area (Å²) in [6.45, 7) is 1.90. The first kappa shape index (κ1) is 13.9. The van der Waals surface area contributed by atoms with Crippen molar-refractivity contribution in [1.29, 1.82) is 0 Å². The molecule has 0 saturated carbocycles. The average molecular weight is 275 g/mol. The Labute approximate surface area is 116 Å². The Hall–Kier alpha value is -2.57. The molecular formula is C13H17N5O2. The first-order valence-corrected chi connectivity index (χ1v) is 6.16. The van der Waals surface area contributed by atoms with E-state index in [1.54, 1.807) is 0 Å². The number of anilines is 2. The zero-order valence-electron chi connectivity index (χ0n) is 11.6. The van der Waals surface area contributed by atoms with Gasteiger partial charge in [0.2, 0.25) is 5.82 Å². The largest absolute Gasteiger partial charge is 0.378 e. The van der Waals surface area contributed by atoms with Gasteiger partial charge >= 0.3 is 5.69 Å². The van der Waals surface area contributed by atoms with Crippen molar-refractivity contribution in [3.8, 4) is 0 Å². The molecule has 0 fully saturated rings. The molecule has 0 aliphatic carbocycles. The number of rotatable bonds is 4. The maximum atomic E-state index is 10.8. The smallest absolute Gasteiger partial charge is 0.330 e. The van der Waals surface area contributed by atoms with E-state index in [0.29, 0.717) is 0 Å². The van der Waals surface area contributed by atoms with E-state index in [2.05, 4.69) is 5.10 Å². The van der Waals surface area contributed by atoms with Crippen LogP contribution in [-0.2, 0) is 0 Å². The van der Waals surface area contributed by atoms with Crippen molar-refractivity contribution in [1.82, 2.24) is 9.78 Å². The Morgan fingerprint density at radius 2 is 1.95 bits per heavy atom. The number of aromatic nitrogens is 2. The monoisotopic (exact) mass is 275 g/mol. The third-order valence-corrected chi connectivity index (χ3v) is 3.27. The molecule has 1 heterocycles. The number of nitrogens with two attached hydrogens (primary N) is 1. The Morgan fingerprint density at radius 1 is 1.35 bits per heavy atom. The van der Waals surface area contributed by atoms with Crippen LogP contribution >= 0.6 is 0 Å². The van der Waals surface area contributed by atoms with Crippen molar-refractivity contribution in [3.63, 3.8) is 0 Å². The molecule has 0 amide bonds. The van der Waals surface area contributed by atoms with Crippen LogP contribution in [0, 0.1) is 10.1 Å². The van der Waals surface area contributed by atoms with Crippen LogP contribution in [0.1, 0.15) is 18.5 Å². The summed E-state index contributed by atoms with van der Waals surface area (Å²) in [6, 6.07) is 7.74. The highest BCUT2D eigenvalue weighted by Crippen LogP contribution is 2.27. The second-order valence-electron chi connectivity index (χ2n) is 4.78. The molecule has 0 spiro atoms. The molecule has 20 heavy (non-hydrogen) atoms. The minimum atomic E-state index is -0.527. The number of nitrogens with zero attached hydrogens (tertiary/aromatic N) is 4. The lowest BCUT2D eigenvalue weighted by atomic mass is 10.1. The number of hydrogen-bond donors (Lipinski definition) is 1. The van der Waals surface area contributed by atoms with Gasteiger partial charge in [0.1, 0.15) is 6.20 Å². The standard InChI is InChI=1S/C13H17N5O2/c1-9(10-4-6-11(7-5-10)16(2)3)17-13(14)12(8-15-17)18(19)20/h4-9H,14H2,1-3H3. The van der Waals surface area contributed by atoms with Gasteiger partial charge in [-0.25, -0.2) is 4.68 Å². The SMILES string of the molecule is CC(c1ccc(N(C)C)cc1)n1ncc([N+](=O)[O-])c1N. The summed E-state index contributed by atoms with van der Waals surface area (Å²) in [5, 5.41) is 14.8. The fraction of sp³-hybridized carbons (Fsp3) is 0.308. The van der Waals surface area contributed by atoms with Crippen LogP contribution < -0.4 is 10.6 Å². The van der Waals surface area contributed by atoms with Crippen molar-refractivity contribution in [2.75, 3.05) is 24.7 Å². The average Bonchev–Trinajstić information content (AvgIpc) is 2.80. The molecule has 0 aliphatic heterocycles. The summed E-state index contributed by atoms with van der Waals surface area (Å²) in [5.74, 6) is 0.0687. The molecule has 1 atom stereocenters. The fourth-order valence-corrected chi connectivity index (χ4v) is 2.00. The Balaban J connectivity index is 2.31. The summed E-state index contributed by atoms with van der Waals surface area (Å²) in [4.78, 5) is 12.3. The molecule has 1 aromatic carbocycles. The maximum Gasteiger partial charge on any atom is 0.330 e. The fourth-order valence-electron chi connectivity index (χ4n) is 2.00. The highest BCUT2D eigenvalue weighted by Gasteiger charge is 2.21. The van der Waals surface area contributed by atoms with Crippen molar-refractivity contribution in [2.45, 2.75) is 13.0 Å². The van der Waals surface area contributed by atoms with E-state index in [0.717, 1.165) is 11.3 Å². The van der Waals surface area contributed by atoms with Crippen molar-refractivity contribution >= 4 is 17.2 Å². The normalized spacial score (nSPS) is 12.2. The minimum Gasteiger partial charge on any atom is -0.378 e. The number of benzene rings is 1. The lowest BCUT2D eigenvalue weighted by Gasteiger charge is -2.16. The zero-order chi connectivity index (χ0) is 14.9. The molecule has 2 aromatic rings. The van der Waals surface area contributed by atoms with Crippen LogP contribution in [0.15, 0.2) is 30.5 Å². The van der Waals surface area contributed by atoms with E-state index in [9.17, 15) is 10.1 Å². The van der Waals surface area contributed by atoms with Gasteiger partial charge in [-0.15, -0.1) is 0 Å². The zero-order valence-corrected chi connectivity index (χ0v) is 11.6. The van der Waals surface area contributed by atoms with Crippen LogP contribution in [0.5, 0.6) is 0 Å². The summed E-state index contributed by atoms with van der Waals surface area (Å²) in [5.41, 5.74) is 7.68.